The van der Waals surface area contributed by atoms with Crippen LogP contribution in [-0.4, -0.2) is 37.0 Å². The molecule has 0 N–H and O–H groups in total. The lowest BCUT2D eigenvalue weighted by molar-refractivity contribution is -0.146. The SMILES string of the molecule is COC(=O)[C@H]1CCCN(C(=O)c2cc(Cl)ccc2Cl)C1. The Kier molecular flexibility index (Phi) is 4.89. The normalized spacial score (nSPS) is 18.8. The highest BCUT2D eigenvalue weighted by Gasteiger charge is 2.30. The van der Waals surface area contributed by atoms with Crippen molar-refractivity contribution in [3.8, 4) is 0 Å². The van der Waals surface area contributed by atoms with E-state index in [1.165, 1.54) is 7.11 Å². The molecule has 1 aliphatic heterocycles. The number of benzene rings is 1. The third-order valence-electron chi connectivity index (χ3n) is 3.40. The molecular weight excluding hydrogens is 301 g/mol. The van der Waals surface area contributed by atoms with Gasteiger partial charge in [0.05, 0.1) is 23.6 Å². The van der Waals surface area contributed by atoms with Crippen LogP contribution in [0.1, 0.15) is 23.2 Å². The van der Waals surface area contributed by atoms with Crippen molar-refractivity contribution >= 4 is 35.1 Å². The van der Waals surface area contributed by atoms with E-state index in [0.29, 0.717) is 28.7 Å². The zero-order valence-corrected chi connectivity index (χ0v) is 12.6. The maximum absolute atomic E-state index is 12.5. The van der Waals surface area contributed by atoms with Crippen molar-refractivity contribution in [2.45, 2.75) is 12.8 Å². The summed E-state index contributed by atoms with van der Waals surface area (Å²) >= 11 is 11.9. The number of esters is 1. The van der Waals surface area contributed by atoms with Gasteiger partial charge < -0.3 is 9.64 Å². The standard InChI is InChI=1S/C14H15Cl2NO3/c1-20-14(19)9-3-2-6-17(8-9)13(18)11-7-10(15)4-5-12(11)16/h4-5,7,9H,2-3,6,8H2,1H3/t9-/m0/s1. The van der Waals surface area contributed by atoms with Crippen molar-refractivity contribution in [2.24, 2.45) is 5.92 Å². The van der Waals surface area contributed by atoms with Gasteiger partial charge in [-0.1, -0.05) is 23.2 Å². The Balaban J connectivity index is 2.16. The number of nitrogens with zero attached hydrogens (tertiary/aromatic N) is 1. The van der Waals surface area contributed by atoms with Crippen LogP contribution in [0, 0.1) is 5.92 Å². The lowest BCUT2D eigenvalue weighted by Crippen LogP contribution is -2.42. The van der Waals surface area contributed by atoms with E-state index < -0.39 is 0 Å². The van der Waals surface area contributed by atoms with Gasteiger partial charge in [-0.05, 0) is 31.0 Å². The summed E-state index contributed by atoms with van der Waals surface area (Å²) in [6.07, 6.45) is 1.50. The number of rotatable bonds is 2. The number of carbonyl (C=O) groups is 2. The molecule has 0 unspecified atom stereocenters. The van der Waals surface area contributed by atoms with E-state index in [1.807, 2.05) is 0 Å². The van der Waals surface area contributed by atoms with Crippen molar-refractivity contribution in [3.05, 3.63) is 33.8 Å². The van der Waals surface area contributed by atoms with E-state index in [-0.39, 0.29) is 17.8 Å². The fourth-order valence-electron chi connectivity index (χ4n) is 2.35. The summed E-state index contributed by atoms with van der Waals surface area (Å²) < 4.78 is 4.74. The number of carbonyl (C=O) groups excluding carboxylic acids is 2. The molecule has 1 amide bonds. The second-order valence-corrected chi connectivity index (χ2v) is 5.58. The van der Waals surface area contributed by atoms with Crippen LogP contribution in [0.25, 0.3) is 0 Å². The summed E-state index contributed by atoms with van der Waals surface area (Å²) in [5.74, 6) is -0.749. The molecular formula is C14H15Cl2NO3. The molecule has 0 aromatic heterocycles. The van der Waals surface area contributed by atoms with Crippen LogP contribution in [0.4, 0.5) is 0 Å². The molecule has 4 nitrogen and oxygen atoms in total. The van der Waals surface area contributed by atoms with Crippen LogP contribution in [-0.2, 0) is 9.53 Å². The average Bonchev–Trinajstić information content (AvgIpc) is 2.48. The molecule has 1 heterocycles. The van der Waals surface area contributed by atoms with E-state index in [4.69, 9.17) is 27.9 Å². The molecule has 2 rings (SSSR count). The zero-order valence-electron chi connectivity index (χ0n) is 11.1. The number of piperidine rings is 1. The van der Waals surface area contributed by atoms with Crippen molar-refractivity contribution in [2.75, 3.05) is 20.2 Å². The number of methoxy groups -OCH3 is 1. The van der Waals surface area contributed by atoms with Gasteiger partial charge in [0.25, 0.3) is 5.91 Å². The molecule has 1 fully saturated rings. The Bertz CT molecular complexity index is 533. The molecule has 0 bridgehead atoms. The van der Waals surface area contributed by atoms with Crippen LogP contribution in [0.2, 0.25) is 10.0 Å². The largest absolute Gasteiger partial charge is 0.469 e. The topological polar surface area (TPSA) is 46.6 Å². The van der Waals surface area contributed by atoms with Crippen LogP contribution < -0.4 is 0 Å². The Morgan fingerprint density at radius 1 is 1.35 bits per heavy atom. The summed E-state index contributed by atoms with van der Waals surface area (Å²) in [6, 6.07) is 4.78. The van der Waals surface area contributed by atoms with Crippen LogP contribution in [0.3, 0.4) is 0 Å². The highest BCUT2D eigenvalue weighted by atomic mass is 35.5. The average molecular weight is 316 g/mol. The number of hydrogen-bond acceptors (Lipinski definition) is 3. The first-order valence-electron chi connectivity index (χ1n) is 6.35. The maximum atomic E-state index is 12.5. The van der Waals surface area contributed by atoms with Gasteiger partial charge in [0.1, 0.15) is 0 Å². The van der Waals surface area contributed by atoms with Gasteiger partial charge >= 0.3 is 5.97 Å². The van der Waals surface area contributed by atoms with Crippen LogP contribution in [0.15, 0.2) is 18.2 Å². The molecule has 0 saturated carbocycles. The lowest BCUT2D eigenvalue weighted by Gasteiger charge is -2.31. The van der Waals surface area contributed by atoms with E-state index in [0.717, 1.165) is 12.8 Å². The number of ether oxygens (including phenoxy) is 1. The fourth-order valence-corrected chi connectivity index (χ4v) is 2.72. The van der Waals surface area contributed by atoms with Gasteiger partial charge in [0, 0.05) is 18.1 Å². The van der Waals surface area contributed by atoms with Gasteiger partial charge in [-0.25, -0.2) is 0 Å². The summed E-state index contributed by atoms with van der Waals surface area (Å²) in [5, 5.41) is 0.818. The molecule has 1 aromatic rings. The van der Waals surface area contributed by atoms with E-state index in [9.17, 15) is 9.59 Å². The summed E-state index contributed by atoms with van der Waals surface area (Å²) in [4.78, 5) is 25.7. The van der Waals surface area contributed by atoms with Crippen molar-refractivity contribution < 1.29 is 14.3 Å². The first kappa shape index (κ1) is 15.1. The molecule has 6 heteroatoms. The second kappa shape index (κ2) is 6.46. The van der Waals surface area contributed by atoms with Crippen molar-refractivity contribution in [3.63, 3.8) is 0 Å². The number of halogens is 2. The van der Waals surface area contributed by atoms with E-state index in [2.05, 4.69) is 0 Å². The minimum atomic E-state index is -0.278. The molecule has 1 atom stereocenters. The van der Waals surface area contributed by atoms with E-state index >= 15 is 0 Å². The highest BCUT2D eigenvalue weighted by molar-refractivity contribution is 6.35. The third-order valence-corrected chi connectivity index (χ3v) is 3.97. The molecule has 0 radical (unpaired) electrons. The monoisotopic (exact) mass is 315 g/mol. The Labute approximate surface area is 127 Å². The minimum absolute atomic E-state index is 0.203. The van der Waals surface area contributed by atoms with Gasteiger partial charge in [-0.15, -0.1) is 0 Å². The second-order valence-electron chi connectivity index (χ2n) is 4.74. The molecule has 0 spiro atoms. The molecule has 1 aliphatic rings. The quantitative estimate of drug-likeness (QED) is 0.788. The van der Waals surface area contributed by atoms with Gasteiger partial charge in [-0.3, -0.25) is 9.59 Å². The van der Waals surface area contributed by atoms with Gasteiger partial charge in [0.2, 0.25) is 0 Å². The number of amides is 1. The summed E-state index contributed by atoms with van der Waals surface area (Å²) in [5.41, 5.74) is 0.365. The molecule has 108 valence electrons. The summed E-state index contributed by atoms with van der Waals surface area (Å²) in [7, 11) is 1.36. The Hall–Kier alpha value is -1.26. The van der Waals surface area contributed by atoms with Crippen LogP contribution in [0.5, 0.6) is 0 Å². The number of hydrogen-bond donors (Lipinski definition) is 0. The molecule has 0 aliphatic carbocycles. The fraction of sp³-hybridized carbons (Fsp3) is 0.429. The predicted molar refractivity (Wildman–Crippen MR) is 77.1 cm³/mol. The van der Waals surface area contributed by atoms with E-state index in [1.54, 1.807) is 23.1 Å². The first-order valence-corrected chi connectivity index (χ1v) is 7.10. The number of likely N-dealkylation sites (tertiary alicyclic amines) is 1. The maximum Gasteiger partial charge on any atom is 0.310 e. The minimum Gasteiger partial charge on any atom is -0.469 e. The molecule has 1 aromatic carbocycles. The third kappa shape index (κ3) is 3.25. The van der Waals surface area contributed by atoms with Gasteiger partial charge in [-0.2, -0.15) is 0 Å². The lowest BCUT2D eigenvalue weighted by atomic mass is 9.97. The first-order chi connectivity index (χ1) is 9.52. The van der Waals surface area contributed by atoms with Crippen molar-refractivity contribution in [1.82, 2.24) is 4.90 Å². The zero-order chi connectivity index (χ0) is 14.7. The van der Waals surface area contributed by atoms with Crippen molar-refractivity contribution in [1.29, 1.82) is 0 Å². The van der Waals surface area contributed by atoms with Gasteiger partial charge in [0.15, 0.2) is 0 Å². The highest BCUT2D eigenvalue weighted by Crippen LogP contribution is 2.25. The Morgan fingerprint density at radius 3 is 2.80 bits per heavy atom. The molecule has 20 heavy (non-hydrogen) atoms. The smallest absolute Gasteiger partial charge is 0.310 e. The Morgan fingerprint density at radius 2 is 2.10 bits per heavy atom. The van der Waals surface area contributed by atoms with Crippen LogP contribution >= 0.6 is 23.2 Å². The molecule has 1 saturated heterocycles. The summed E-state index contributed by atoms with van der Waals surface area (Å²) in [6.45, 7) is 0.962. The predicted octanol–water partition coefficient (Wildman–Crippen LogP) is 3.02.